The SMILES string of the molecule is Cc1cnc(-c2ncn(C)n2)nc1. The molecular formula is C8H9N5. The van der Waals surface area contributed by atoms with Crippen LogP contribution in [0.4, 0.5) is 0 Å². The van der Waals surface area contributed by atoms with Gasteiger partial charge in [0.15, 0.2) is 5.82 Å². The van der Waals surface area contributed by atoms with Crippen LogP contribution in [0.15, 0.2) is 18.7 Å². The van der Waals surface area contributed by atoms with Crippen molar-refractivity contribution in [2.24, 2.45) is 7.05 Å². The lowest BCUT2D eigenvalue weighted by molar-refractivity contribution is 0.766. The van der Waals surface area contributed by atoms with E-state index in [1.54, 1.807) is 23.4 Å². The summed E-state index contributed by atoms with van der Waals surface area (Å²) in [5.41, 5.74) is 1.03. The lowest BCUT2D eigenvalue weighted by atomic mass is 10.4. The summed E-state index contributed by atoms with van der Waals surface area (Å²) in [6.07, 6.45) is 5.12. The second kappa shape index (κ2) is 2.93. The Balaban J connectivity index is 2.41. The minimum absolute atomic E-state index is 0.558. The van der Waals surface area contributed by atoms with E-state index in [4.69, 9.17) is 0 Å². The number of hydrogen-bond donors (Lipinski definition) is 0. The molecule has 0 aliphatic rings. The van der Waals surface area contributed by atoms with E-state index >= 15 is 0 Å². The van der Waals surface area contributed by atoms with Crippen LogP contribution in [0.3, 0.4) is 0 Å². The van der Waals surface area contributed by atoms with Crippen molar-refractivity contribution in [3.63, 3.8) is 0 Å². The monoisotopic (exact) mass is 175 g/mol. The maximum atomic E-state index is 4.11. The van der Waals surface area contributed by atoms with Gasteiger partial charge in [-0.1, -0.05) is 0 Å². The highest BCUT2D eigenvalue weighted by Crippen LogP contribution is 2.06. The van der Waals surface area contributed by atoms with E-state index in [1.165, 1.54) is 0 Å². The van der Waals surface area contributed by atoms with Crippen molar-refractivity contribution in [1.82, 2.24) is 24.7 Å². The van der Waals surface area contributed by atoms with Gasteiger partial charge in [-0.15, -0.1) is 5.10 Å². The average molecular weight is 175 g/mol. The first-order chi connectivity index (χ1) is 6.25. The molecule has 0 spiro atoms. The van der Waals surface area contributed by atoms with Gasteiger partial charge >= 0.3 is 0 Å². The summed E-state index contributed by atoms with van der Waals surface area (Å²) in [7, 11) is 1.81. The quantitative estimate of drug-likeness (QED) is 0.636. The van der Waals surface area contributed by atoms with Crippen LogP contribution < -0.4 is 0 Å². The van der Waals surface area contributed by atoms with Gasteiger partial charge < -0.3 is 0 Å². The van der Waals surface area contributed by atoms with E-state index in [1.807, 2.05) is 14.0 Å². The fourth-order valence-corrected chi connectivity index (χ4v) is 0.950. The van der Waals surface area contributed by atoms with Crippen molar-refractivity contribution < 1.29 is 0 Å². The van der Waals surface area contributed by atoms with Crippen LogP contribution in [-0.4, -0.2) is 24.7 Å². The number of aromatic nitrogens is 5. The van der Waals surface area contributed by atoms with Crippen LogP contribution in [0, 0.1) is 6.92 Å². The molecule has 0 fully saturated rings. The molecule has 0 aromatic carbocycles. The summed E-state index contributed by atoms with van der Waals surface area (Å²) in [5, 5.41) is 4.09. The van der Waals surface area contributed by atoms with Crippen molar-refractivity contribution in [2.45, 2.75) is 6.92 Å². The van der Waals surface area contributed by atoms with Gasteiger partial charge in [0.1, 0.15) is 6.33 Å². The minimum Gasteiger partial charge on any atom is -0.255 e. The molecule has 2 aromatic rings. The van der Waals surface area contributed by atoms with Gasteiger partial charge in [-0.2, -0.15) is 0 Å². The zero-order valence-electron chi connectivity index (χ0n) is 7.47. The first-order valence-electron chi connectivity index (χ1n) is 3.90. The fourth-order valence-electron chi connectivity index (χ4n) is 0.950. The van der Waals surface area contributed by atoms with Gasteiger partial charge in [-0.05, 0) is 12.5 Å². The van der Waals surface area contributed by atoms with E-state index in [2.05, 4.69) is 20.1 Å². The predicted molar refractivity (Wildman–Crippen MR) is 46.8 cm³/mol. The Kier molecular flexibility index (Phi) is 1.77. The van der Waals surface area contributed by atoms with Crippen LogP contribution in [0.25, 0.3) is 11.6 Å². The van der Waals surface area contributed by atoms with Crippen molar-refractivity contribution >= 4 is 0 Å². The summed E-state index contributed by atoms with van der Waals surface area (Å²) < 4.78 is 1.62. The third-order valence-electron chi connectivity index (χ3n) is 1.58. The molecule has 0 N–H and O–H groups in total. The predicted octanol–water partition coefficient (Wildman–Crippen LogP) is 0.581. The molecule has 0 atom stereocenters. The van der Waals surface area contributed by atoms with Crippen molar-refractivity contribution in [1.29, 1.82) is 0 Å². The molecule has 5 heteroatoms. The van der Waals surface area contributed by atoms with Gasteiger partial charge in [0, 0.05) is 19.4 Å². The van der Waals surface area contributed by atoms with Crippen LogP contribution in [0.1, 0.15) is 5.56 Å². The first-order valence-corrected chi connectivity index (χ1v) is 3.90. The largest absolute Gasteiger partial charge is 0.255 e. The minimum atomic E-state index is 0.558. The smallest absolute Gasteiger partial charge is 0.218 e. The molecule has 0 radical (unpaired) electrons. The Labute approximate surface area is 75.5 Å². The molecular weight excluding hydrogens is 166 g/mol. The molecule has 5 nitrogen and oxygen atoms in total. The molecule has 0 unspecified atom stereocenters. The van der Waals surface area contributed by atoms with E-state index in [0.29, 0.717) is 11.6 Å². The summed E-state index contributed by atoms with van der Waals surface area (Å²) in [6, 6.07) is 0. The molecule has 0 saturated heterocycles. The molecule has 0 saturated carbocycles. The highest BCUT2D eigenvalue weighted by atomic mass is 15.3. The maximum absolute atomic E-state index is 4.11. The first kappa shape index (κ1) is 7.85. The van der Waals surface area contributed by atoms with Crippen molar-refractivity contribution in [3.8, 4) is 11.6 Å². The standard InChI is InChI=1S/C8H9N5/c1-6-3-9-7(10-4-6)8-11-5-13(2)12-8/h3-5H,1-2H3. The second-order valence-electron chi connectivity index (χ2n) is 2.83. The Morgan fingerprint density at radius 1 is 1.08 bits per heavy atom. The van der Waals surface area contributed by atoms with Crippen molar-refractivity contribution in [2.75, 3.05) is 0 Å². The molecule has 66 valence electrons. The molecule has 2 aromatic heterocycles. The molecule has 2 rings (SSSR count). The average Bonchev–Trinajstić information content (AvgIpc) is 2.53. The molecule has 2 heterocycles. The zero-order chi connectivity index (χ0) is 9.26. The summed E-state index contributed by atoms with van der Waals surface area (Å²) in [4.78, 5) is 12.3. The second-order valence-corrected chi connectivity index (χ2v) is 2.83. The topological polar surface area (TPSA) is 56.5 Å². The van der Waals surface area contributed by atoms with E-state index in [0.717, 1.165) is 5.56 Å². The summed E-state index contributed by atoms with van der Waals surface area (Å²) in [6.45, 7) is 1.94. The van der Waals surface area contributed by atoms with Crippen LogP contribution >= 0.6 is 0 Å². The van der Waals surface area contributed by atoms with E-state index in [-0.39, 0.29) is 0 Å². The van der Waals surface area contributed by atoms with Crippen molar-refractivity contribution in [3.05, 3.63) is 24.3 Å². The number of rotatable bonds is 1. The summed E-state index contributed by atoms with van der Waals surface area (Å²) >= 11 is 0. The normalized spacial score (nSPS) is 10.3. The van der Waals surface area contributed by atoms with Gasteiger partial charge in [0.2, 0.25) is 5.82 Å². The molecule has 13 heavy (non-hydrogen) atoms. The van der Waals surface area contributed by atoms with Crippen LogP contribution in [0.2, 0.25) is 0 Å². The molecule has 0 bridgehead atoms. The molecule has 0 amide bonds. The number of hydrogen-bond acceptors (Lipinski definition) is 4. The highest BCUT2D eigenvalue weighted by Gasteiger charge is 2.04. The van der Waals surface area contributed by atoms with E-state index in [9.17, 15) is 0 Å². The Morgan fingerprint density at radius 2 is 1.77 bits per heavy atom. The fraction of sp³-hybridized carbons (Fsp3) is 0.250. The summed E-state index contributed by atoms with van der Waals surface area (Å²) in [5.74, 6) is 1.12. The lowest BCUT2D eigenvalue weighted by Crippen LogP contribution is -1.93. The molecule has 0 aliphatic heterocycles. The van der Waals surface area contributed by atoms with Gasteiger partial charge in [0.25, 0.3) is 0 Å². The van der Waals surface area contributed by atoms with Crippen LogP contribution in [-0.2, 0) is 7.05 Å². The maximum Gasteiger partial charge on any atom is 0.218 e. The van der Waals surface area contributed by atoms with Gasteiger partial charge in [0.05, 0.1) is 0 Å². The Hall–Kier alpha value is -1.78. The third-order valence-corrected chi connectivity index (χ3v) is 1.58. The lowest BCUT2D eigenvalue weighted by Gasteiger charge is -1.93. The van der Waals surface area contributed by atoms with E-state index < -0.39 is 0 Å². The van der Waals surface area contributed by atoms with Gasteiger partial charge in [-0.3, -0.25) is 4.68 Å². The van der Waals surface area contributed by atoms with Gasteiger partial charge in [-0.25, -0.2) is 15.0 Å². The number of aryl methyl sites for hydroxylation is 2. The molecule has 0 aliphatic carbocycles. The highest BCUT2D eigenvalue weighted by molar-refractivity contribution is 5.40. The van der Waals surface area contributed by atoms with Crippen LogP contribution in [0.5, 0.6) is 0 Å². The third kappa shape index (κ3) is 1.53. The number of nitrogens with zero attached hydrogens (tertiary/aromatic N) is 5. The Bertz CT molecular complexity index is 403. The zero-order valence-corrected chi connectivity index (χ0v) is 7.47. The Morgan fingerprint density at radius 3 is 2.31 bits per heavy atom.